The monoisotopic (exact) mass is 303 g/mol. The molecule has 1 aromatic heterocycles. The maximum absolute atomic E-state index is 11.5. The second-order valence-corrected chi connectivity index (χ2v) is 4.90. The minimum Gasteiger partial charge on any atom is -0.298 e. The lowest BCUT2D eigenvalue weighted by Gasteiger charge is -2.02. The molecule has 0 spiro atoms. The first-order valence-corrected chi connectivity index (χ1v) is 7.05. The lowest BCUT2D eigenvalue weighted by Crippen LogP contribution is -1.97. The summed E-state index contributed by atoms with van der Waals surface area (Å²) in [5, 5.41) is 8.15. The molecule has 0 amide bonds. The Balaban J connectivity index is 2.14. The summed E-state index contributed by atoms with van der Waals surface area (Å²) in [5.41, 5.74) is 11.5. The molecular formula is C17H13N5O. The maximum Gasteiger partial charge on any atom is 0.154 e. The molecule has 3 rings (SSSR count). The molecule has 112 valence electrons. The summed E-state index contributed by atoms with van der Waals surface area (Å²) in [4.78, 5) is 14.3. The maximum atomic E-state index is 11.5. The SMILES string of the molecule is [N-]=[N+]=Nc1c(C=O)c(Cc2ccccc2)nn1-c1ccccc1. The average Bonchev–Trinajstić information content (AvgIpc) is 2.94. The van der Waals surface area contributed by atoms with Gasteiger partial charge in [0.1, 0.15) is 5.82 Å². The van der Waals surface area contributed by atoms with E-state index in [2.05, 4.69) is 15.1 Å². The fraction of sp³-hybridized carbons (Fsp3) is 0.0588. The summed E-state index contributed by atoms with van der Waals surface area (Å²) in [6.45, 7) is 0. The molecule has 23 heavy (non-hydrogen) atoms. The first kappa shape index (κ1) is 14.6. The number of azide groups is 1. The van der Waals surface area contributed by atoms with Gasteiger partial charge in [0.15, 0.2) is 6.29 Å². The second kappa shape index (κ2) is 6.60. The minimum atomic E-state index is 0.208. The first-order valence-electron chi connectivity index (χ1n) is 7.05. The van der Waals surface area contributed by atoms with E-state index in [1.807, 2.05) is 60.7 Å². The standard InChI is InChI=1S/C17H13N5O/c18-21-19-17-15(12-23)16(11-13-7-3-1-4-8-13)20-22(17)14-9-5-2-6-10-14/h1-10,12H,11H2. The van der Waals surface area contributed by atoms with Gasteiger partial charge < -0.3 is 0 Å². The molecular weight excluding hydrogens is 290 g/mol. The Morgan fingerprint density at radius 2 is 1.74 bits per heavy atom. The number of nitrogens with zero attached hydrogens (tertiary/aromatic N) is 5. The Morgan fingerprint density at radius 1 is 1.09 bits per heavy atom. The number of rotatable bonds is 5. The van der Waals surface area contributed by atoms with Gasteiger partial charge >= 0.3 is 0 Å². The van der Waals surface area contributed by atoms with E-state index in [0.717, 1.165) is 11.3 Å². The van der Waals surface area contributed by atoms with Crippen molar-refractivity contribution in [2.24, 2.45) is 5.11 Å². The van der Waals surface area contributed by atoms with Crippen LogP contribution in [0.25, 0.3) is 16.1 Å². The van der Waals surface area contributed by atoms with Crippen molar-refractivity contribution in [1.29, 1.82) is 0 Å². The quantitative estimate of drug-likeness (QED) is 0.306. The van der Waals surface area contributed by atoms with Crippen molar-refractivity contribution in [3.05, 3.63) is 87.9 Å². The van der Waals surface area contributed by atoms with Crippen LogP contribution in [-0.2, 0) is 6.42 Å². The highest BCUT2D eigenvalue weighted by Gasteiger charge is 2.17. The number of hydrogen-bond donors (Lipinski definition) is 0. The molecule has 6 heteroatoms. The highest BCUT2D eigenvalue weighted by Crippen LogP contribution is 2.27. The normalized spacial score (nSPS) is 10.1. The third kappa shape index (κ3) is 2.97. The van der Waals surface area contributed by atoms with Gasteiger partial charge in [-0.05, 0) is 28.3 Å². The molecule has 0 fully saturated rings. The summed E-state index contributed by atoms with van der Waals surface area (Å²) < 4.78 is 1.50. The fourth-order valence-electron chi connectivity index (χ4n) is 2.39. The predicted octanol–water partition coefficient (Wildman–Crippen LogP) is 4.22. The van der Waals surface area contributed by atoms with Crippen LogP contribution in [0.15, 0.2) is 65.8 Å². The third-order valence-electron chi connectivity index (χ3n) is 3.45. The minimum absolute atomic E-state index is 0.208. The van der Waals surface area contributed by atoms with Gasteiger partial charge in [-0.1, -0.05) is 48.5 Å². The van der Waals surface area contributed by atoms with E-state index in [1.54, 1.807) is 0 Å². The van der Waals surface area contributed by atoms with Crippen LogP contribution in [0.3, 0.4) is 0 Å². The van der Waals surface area contributed by atoms with E-state index in [1.165, 1.54) is 4.68 Å². The van der Waals surface area contributed by atoms with E-state index < -0.39 is 0 Å². The van der Waals surface area contributed by atoms with Gasteiger partial charge in [-0.15, -0.1) is 0 Å². The van der Waals surface area contributed by atoms with E-state index in [-0.39, 0.29) is 5.82 Å². The van der Waals surface area contributed by atoms with Gasteiger partial charge in [0.25, 0.3) is 0 Å². The first-order chi connectivity index (χ1) is 11.3. The number of para-hydroxylation sites is 1. The van der Waals surface area contributed by atoms with E-state index in [4.69, 9.17) is 5.53 Å². The van der Waals surface area contributed by atoms with Crippen molar-refractivity contribution in [3.8, 4) is 5.69 Å². The van der Waals surface area contributed by atoms with Crippen LogP contribution in [0.1, 0.15) is 21.6 Å². The molecule has 3 aromatic rings. The van der Waals surface area contributed by atoms with E-state index in [0.29, 0.717) is 24.0 Å². The summed E-state index contributed by atoms with van der Waals surface area (Å²) in [6, 6.07) is 19.0. The van der Waals surface area contributed by atoms with Gasteiger partial charge in [0.05, 0.1) is 16.9 Å². The number of carbonyl (C=O) groups is 1. The Kier molecular flexibility index (Phi) is 4.18. The highest BCUT2D eigenvalue weighted by molar-refractivity contribution is 5.84. The zero-order valence-electron chi connectivity index (χ0n) is 12.2. The number of aldehydes is 1. The Labute approximate surface area is 132 Å². The summed E-state index contributed by atoms with van der Waals surface area (Å²) >= 11 is 0. The van der Waals surface area contributed by atoms with Crippen LogP contribution >= 0.6 is 0 Å². The van der Waals surface area contributed by atoms with Gasteiger partial charge in [-0.3, -0.25) is 4.79 Å². The predicted molar refractivity (Wildman–Crippen MR) is 87.0 cm³/mol. The fourth-order valence-corrected chi connectivity index (χ4v) is 2.39. The molecule has 0 saturated heterocycles. The smallest absolute Gasteiger partial charge is 0.154 e. The highest BCUT2D eigenvalue weighted by atomic mass is 16.1. The molecule has 0 aliphatic rings. The molecule has 0 unspecified atom stereocenters. The van der Waals surface area contributed by atoms with Gasteiger partial charge in [0, 0.05) is 11.3 Å². The van der Waals surface area contributed by atoms with Crippen molar-refractivity contribution in [3.63, 3.8) is 0 Å². The van der Waals surface area contributed by atoms with E-state index in [9.17, 15) is 4.79 Å². The number of hydrogen-bond acceptors (Lipinski definition) is 3. The Morgan fingerprint density at radius 3 is 2.35 bits per heavy atom. The number of carbonyl (C=O) groups excluding carboxylic acids is 1. The van der Waals surface area contributed by atoms with Crippen molar-refractivity contribution >= 4 is 12.1 Å². The van der Waals surface area contributed by atoms with Gasteiger partial charge in [-0.25, -0.2) is 4.68 Å². The molecule has 0 radical (unpaired) electrons. The van der Waals surface area contributed by atoms with Crippen LogP contribution in [0.4, 0.5) is 5.82 Å². The molecule has 0 bridgehead atoms. The third-order valence-corrected chi connectivity index (χ3v) is 3.45. The summed E-state index contributed by atoms with van der Waals surface area (Å²) in [6.07, 6.45) is 1.18. The van der Waals surface area contributed by atoms with Crippen molar-refractivity contribution in [1.82, 2.24) is 9.78 Å². The second-order valence-electron chi connectivity index (χ2n) is 4.90. The molecule has 0 aliphatic heterocycles. The Bertz CT molecular complexity index is 865. The topological polar surface area (TPSA) is 83.7 Å². The van der Waals surface area contributed by atoms with Gasteiger partial charge in [-0.2, -0.15) is 5.10 Å². The molecule has 1 heterocycles. The summed E-state index contributed by atoms with van der Waals surface area (Å²) in [5.74, 6) is 0.208. The molecule has 0 N–H and O–H groups in total. The van der Waals surface area contributed by atoms with Gasteiger partial charge in [0.2, 0.25) is 0 Å². The molecule has 0 aliphatic carbocycles. The van der Waals surface area contributed by atoms with Crippen LogP contribution in [-0.4, -0.2) is 16.1 Å². The zero-order valence-corrected chi connectivity index (χ0v) is 12.2. The lowest BCUT2D eigenvalue weighted by molar-refractivity contribution is 0.112. The molecule has 2 aromatic carbocycles. The van der Waals surface area contributed by atoms with Crippen LogP contribution < -0.4 is 0 Å². The Hall–Kier alpha value is -3.37. The summed E-state index contributed by atoms with van der Waals surface area (Å²) in [7, 11) is 0. The van der Waals surface area contributed by atoms with Crippen LogP contribution in [0.2, 0.25) is 0 Å². The van der Waals surface area contributed by atoms with Crippen molar-refractivity contribution in [2.75, 3.05) is 0 Å². The average molecular weight is 303 g/mol. The van der Waals surface area contributed by atoms with E-state index >= 15 is 0 Å². The molecule has 0 atom stereocenters. The van der Waals surface area contributed by atoms with Crippen molar-refractivity contribution in [2.45, 2.75) is 6.42 Å². The number of aromatic nitrogens is 2. The molecule has 6 nitrogen and oxygen atoms in total. The van der Waals surface area contributed by atoms with Crippen LogP contribution in [0, 0.1) is 0 Å². The number of benzene rings is 2. The largest absolute Gasteiger partial charge is 0.298 e. The molecule has 0 saturated carbocycles. The zero-order chi connectivity index (χ0) is 16.1. The van der Waals surface area contributed by atoms with Crippen molar-refractivity contribution < 1.29 is 4.79 Å². The lowest BCUT2D eigenvalue weighted by atomic mass is 10.1. The van der Waals surface area contributed by atoms with Crippen LogP contribution in [0.5, 0.6) is 0 Å².